The average molecular weight is 469 g/mol. The summed E-state index contributed by atoms with van der Waals surface area (Å²) in [6.07, 6.45) is -2.44. The first-order chi connectivity index (χ1) is 16.2. The van der Waals surface area contributed by atoms with Crippen molar-refractivity contribution in [2.45, 2.75) is 26.4 Å². The first-order valence-corrected chi connectivity index (χ1v) is 10.6. The fourth-order valence-corrected chi connectivity index (χ4v) is 3.78. The second-order valence-electron chi connectivity index (χ2n) is 8.45. The highest BCUT2D eigenvalue weighted by Gasteiger charge is 2.46. The molecule has 10 heteroatoms. The highest BCUT2D eigenvalue weighted by atomic mass is 19.4. The first kappa shape index (κ1) is 21.9. The van der Waals surface area contributed by atoms with Crippen LogP contribution in [0.1, 0.15) is 25.8 Å². The molecule has 0 saturated carbocycles. The fourth-order valence-electron chi connectivity index (χ4n) is 3.78. The van der Waals surface area contributed by atoms with Gasteiger partial charge in [-0.25, -0.2) is 4.39 Å². The molecule has 0 bridgehead atoms. The van der Waals surface area contributed by atoms with E-state index in [1.165, 1.54) is 12.4 Å². The zero-order valence-corrected chi connectivity index (χ0v) is 18.3. The van der Waals surface area contributed by atoms with Crippen molar-refractivity contribution in [2.24, 2.45) is 5.41 Å². The van der Waals surface area contributed by atoms with Crippen molar-refractivity contribution in [1.82, 2.24) is 19.6 Å². The third-order valence-corrected chi connectivity index (χ3v) is 5.74. The smallest absolute Gasteiger partial charge is 0.404 e. The molecule has 0 N–H and O–H groups in total. The molecule has 0 spiro atoms. The maximum atomic E-state index is 15.1. The van der Waals surface area contributed by atoms with Gasteiger partial charge in [0.15, 0.2) is 5.75 Å². The molecule has 174 valence electrons. The van der Waals surface area contributed by atoms with Crippen molar-refractivity contribution in [2.75, 3.05) is 18.1 Å². The van der Waals surface area contributed by atoms with E-state index in [0.29, 0.717) is 53.7 Å². The van der Waals surface area contributed by atoms with Crippen molar-refractivity contribution in [3.05, 3.63) is 54.1 Å². The molecule has 0 aliphatic carbocycles. The Hall–Kier alpha value is -3.87. The SMILES string of the molecule is CC(C)(C#Cc1cccc2c1OCCCN2c1nc2nncn2c2cccc(F)c12)C(F)(F)F. The predicted molar refractivity (Wildman–Crippen MR) is 119 cm³/mol. The maximum absolute atomic E-state index is 15.1. The Morgan fingerprint density at radius 3 is 2.68 bits per heavy atom. The standard InChI is InChI=1S/C24H19F4N5O/c1-23(2,24(26,27)28)11-10-15-6-3-9-18-20(15)34-13-5-12-32(18)21-19-16(25)7-4-8-17(19)33-14-29-31-22(33)30-21/h3-4,6-9,14H,5,12-13H2,1-2H3. The molecule has 4 aromatic rings. The average Bonchev–Trinajstić information content (AvgIpc) is 3.16. The van der Waals surface area contributed by atoms with Crippen molar-refractivity contribution in [3.63, 3.8) is 0 Å². The van der Waals surface area contributed by atoms with Gasteiger partial charge in [-0.05, 0) is 44.5 Å². The van der Waals surface area contributed by atoms with Crippen LogP contribution in [-0.2, 0) is 0 Å². The Balaban J connectivity index is 1.71. The molecule has 2 aromatic heterocycles. The van der Waals surface area contributed by atoms with E-state index in [4.69, 9.17) is 4.74 Å². The molecule has 34 heavy (non-hydrogen) atoms. The van der Waals surface area contributed by atoms with Gasteiger partial charge in [0, 0.05) is 6.54 Å². The van der Waals surface area contributed by atoms with Crippen LogP contribution in [0.5, 0.6) is 5.75 Å². The van der Waals surface area contributed by atoms with Crippen molar-refractivity contribution >= 4 is 28.2 Å². The molecule has 0 radical (unpaired) electrons. The van der Waals surface area contributed by atoms with E-state index in [-0.39, 0.29) is 5.39 Å². The van der Waals surface area contributed by atoms with Crippen LogP contribution < -0.4 is 9.64 Å². The second-order valence-corrected chi connectivity index (χ2v) is 8.45. The Morgan fingerprint density at radius 1 is 1.09 bits per heavy atom. The molecule has 0 amide bonds. The lowest BCUT2D eigenvalue weighted by atomic mass is 9.93. The van der Waals surface area contributed by atoms with Gasteiger partial charge >= 0.3 is 6.18 Å². The third kappa shape index (κ3) is 3.57. The largest absolute Gasteiger partial charge is 0.490 e. The van der Waals surface area contributed by atoms with Gasteiger partial charge < -0.3 is 9.64 Å². The number of fused-ring (bicyclic) bond motifs is 4. The molecule has 1 aliphatic rings. The van der Waals surface area contributed by atoms with Crippen LogP contribution >= 0.6 is 0 Å². The molecule has 0 atom stereocenters. The van der Waals surface area contributed by atoms with E-state index < -0.39 is 17.4 Å². The minimum Gasteiger partial charge on any atom is -0.490 e. The summed E-state index contributed by atoms with van der Waals surface area (Å²) in [6, 6.07) is 9.73. The molecule has 6 nitrogen and oxygen atoms in total. The van der Waals surface area contributed by atoms with Crippen LogP contribution in [-0.4, -0.2) is 38.9 Å². The molecule has 0 fully saturated rings. The monoisotopic (exact) mass is 469 g/mol. The lowest BCUT2D eigenvalue weighted by Crippen LogP contribution is -2.30. The van der Waals surface area contributed by atoms with E-state index in [2.05, 4.69) is 27.0 Å². The Morgan fingerprint density at radius 2 is 1.88 bits per heavy atom. The van der Waals surface area contributed by atoms with Gasteiger partial charge in [0.25, 0.3) is 5.78 Å². The molecule has 2 aromatic carbocycles. The van der Waals surface area contributed by atoms with Gasteiger partial charge in [-0.15, -0.1) is 10.2 Å². The maximum Gasteiger partial charge on any atom is 0.404 e. The molecular formula is C24H19F4N5O. The Bertz CT molecular complexity index is 1470. The topological polar surface area (TPSA) is 55.5 Å². The summed E-state index contributed by atoms with van der Waals surface area (Å²) in [5.74, 6) is 5.46. The van der Waals surface area contributed by atoms with Gasteiger partial charge in [-0.3, -0.25) is 4.40 Å². The highest BCUT2D eigenvalue weighted by molar-refractivity contribution is 5.94. The summed E-state index contributed by atoms with van der Waals surface area (Å²) < 4.78 is 62.5. The second kappa shape index (κ2) is 7.87. The van der Waals surface area contributed by atoms with E-state index in [9.17, 15) is 13.2 Å². The minimum absolute atomic E-state index is 0.275. The lowest BCUT2D eigenvalue weighted by molar-refractivity contribution is -0.190. The van der Waals surface area contributed by atoms with Crippen molar-refractivity contribution < 1.29 is 22.3 Å². The molecular weight excluding hydrogens is 450 g/mol. The number of alkyl halides is 3. The van der Waals surface area contributed by atoms with Crippen LogP contribution in [0.2, 0.25) is 0 Å². The molecule has 3 heterocycles. The molecule has 5 rings (SSSR count). The van der Waals surface area contributed by atoms with E-state index in [1.54, 1.807) is 39.6 Å². The number of aromatic nitrogens is 4. The summed E-state index contributed by atoms with van der Waals surface area (Å²) in [5, 5.41) is 8.18. The van der Waals surface area contributed by atoms with Gasteiger partial charge in [-0.2, -0.15) is 18.2 Å². The van der Waals surface area contributed by atoms with E-state index >= 15 is 4.39 Å². The van der Waals surface area contributed by atoms with Gasteiger partial charge in [0.1, 0.15) is 23.4 Å². The lowest BCUT2D eigenvalue weighted by Gasteiger charge is -2.25. The number of hydrogen-bond acceptors (Lipinski definition) is 5. The predicted octanol–water partition coefficient (Wildman–Crippen LogP) is 5.28. The number of para-hydroxylation sites is 1. The van der Waals surface area contributed by atoms with Crippen LogP contribution in [0.25, 0.3) is 16.7 Å². The number of ether oxygens (including phenoxy) is 1. The Labute approximate surface area is 192 Å². The zero-order chi connectivity index (χ0) is 24.1. The van der Waals surface area contributed by atoms with Crippen molar-refractivity contribution in [1.29, 1.82) is 0 Å². The van der Waals surface area contributed by atoms with Gasteiger partial charge in [-0.1, -0.05) is 24.0 Å². The normalized spacial score (nSPS) is 14.4. The van der Waals surface area contributed by atoms with Gasteiger partial charge in [0.2, 0.25) is 0 Å². The minimum atomic E-state index is -4.48. The summed E-state index contributed by atoms with van der Waals surface area (Å²) in [7, 11) is 0. The number of hydrogen-bond donors (Lipinski definition) is 0. The molecule has 1 aliphatic heterocycles. The summed E-state index contributed by atoms with van der Waals surface area (Å²) in [4.78, 5) is 6.36. The molecule has 0 saturated heterocycles. The third-order valence-electron chi connectivity index (χ3n) is 5.74. The van der Waals surface area contributed by atoms with Crippen LogP contribution in [0.4, 0.5) is 29.1 Å². The van der Waals surface area contributed by atoms with Crippen LogP contribution in [0.15, 0.2) is 42.7 Å². The first-order valence-electron chi connectivity index (χ1n) is 10.6. The van der Waals surface area contributed by atoms with Crippen molar-refractivity contribution in [3.8, 4) is 17.6 Å². The van der Waals surface area contributed by atoms with Crippen LogP contribution in [0.3, 0.4) is 0 Å². The zero-order valence-electron chi connectivity index (χ0n) is 18.3. The number of anilines is 2. The van der Waals surface area contributed by atoms with E-state index in [1.807, 2.05) is 0 Å². The summed E-state index contributed by atoms with van der Waals surface area (Å²) in [6.45, 7) is 2.82. The fraction of sp³-hybridized carbons (Fsp3) is 0.292. The number of halogens is 4. The quantitative estimate of drug-likeness (QED) is 0.281. The Kier molecular flexibility index (Phi) is 5.08. The highest BCUT2D eigenvalue weighted by Crippen LogP contribution is 2.41. The number of rotatable bonds is 1. The summed E-state index contributed by atoms with van der Waals surface area (Å²) >= 11 is 0. The molecule has 0 unspecified atom stereocenters. The van der Waals surface area contributed by atoms with Gasteiger partial charge in [0.05, 0.1) is 28.8 Å². The van der Waals surface area contributed by atoms with Crippen LogP contribution in [0, 0.1) is 23.1 Å². The summed E-state index contributed by atoms with van der Waals surface area (Å²) in [5.41, 5.74) is -0.801. The van der Waals surface area contributed by atoms with E-state index in [0.717, 1.165) is 13.8 Å². The number of nitrogens with zero attached hydrogens (tertiary/aromatic N) is 5. The number of benzene rings is 2.